The number of carbonyl (C=O) groups is 1. The summed E-state index contributed by atoms with van der Waals surface area (Å²) in [5.74, 6) is 0.528. The van der Waals surface area contributed by atoms with Crippen molar-refractivity contribution < 1.29 is 18.0 Å². The summed E-state index contributed by atoms with van der Waals surface area (Å²) in [7, 11) is 1.76. The maximum atomic E-state index is 12.8. The molecule has 0 saturated carbocycles. The van der Waals surface area contributed by atoms with Crippen molar-refractivity contribution in [1.82, 2.24) is 9.88 Å². The van der Waals surface area contributed by atoms with Gasteiger partial charge >= 0.3 is 6.18 Å². The third-order valence-corrected chi connectivity index (χ3v) is 5.09. The van der Waals surface area contributed by atoms with Crippen LogP contribution in [0, 0.1) is 0 Å². The predicted octanol–water partition coefficient (Wildman–Crippen LogP) is 3.27. The maximum Gasteiger partial charge on any atom is 0.417 e. The number of alkyl halides is 3. The van der Waals surface area contributed by atoms with Gasteiger partial charge in [-0.2, -0.15) is 13.2 Å². The van der Waals surface area contributed by atoms with Gasteiger partial charge in [-0.05, 0) is 31.2 Å². The monoisotopic (exact) mass is 392 g/mol. The van der Waals surface area contributed by atoms with Crippen molar-refractivity contribution in [3.8, 4) is 0 Å². The lowest BCUT2D eigenvalue weighted by molar-refractivity contribution is -0.137. The Kier molecular flexibility index (Phi) is 5.88. The molecule has 8 heteroatoms. The number of halogens is 3. The first-order valence-corrected chi connectivity index (χ1v) is 9.12. The zero-order valence-electron chi connectivity index (χ0n) is 15.9. The second kappa shape index (κ2) is 8.18. The van der Waals surface area contributed by atoms with Gasteiger partial charge in [0.25, 0.3) is 0 Å². The third kappa shape index (κ3) is 4.44. The molecule has 0 spiro atoms. The number of aromatic nitrogens is 1. The van der Waals surface area contributed by atoms with Crippen LogP contribution in [0.25, 0.3) is 0 Å². The number of hydrogen-bond acceptors (Lipinski definition) is 4. The Morgan fingerprint density at radius 2 is 1.71 bits per heavy atom. The molecule has 3 rings (SSSR count). The molecule has 150 valence electrons. The molecule has 0 radical (unpaired) electrons. The van der Waals surface area contributed by atoms with Gasteiger partial charge in [0.2, 0.25) is 5.91 Å². The fourth-order valence-electron chi connectivity index (χ4n) is 3.29. The standard InChI is InChI=1S/C20H23F3N4O/c1-15(19(28)25(2)17-6-4-3-5-7-17)26-10-12-27(13-11-26)18-9-8-16(14-24-18)20(21,22)23/h3-9,14-15H,10-13H2,1-2H3. The number of likely N-dealkylation sites (N-methyl/N-ethyl adjacent to an activating group) is 1. The Morgan fingerprint density at radius 1 is 1.07 bits per heavy atom. The lowest BCUT2D eigenvalue weighted by Crippen LogP contribution is -2.54. The average Bonchev–Trinajstić information content (AvgIpc) is 2.72. The molecule has 0 N–H and O–H groups in total. The molecule has 5 nitrogen and oxygen atoms in total. The van der Waals surface area contributed by atoms with Crippen LogP contribution in [0.2, 0.25) is 0 Å². The Balaban J connectivity index is 1.58. The van der Waals surface area contributed by atoms with Crippen LogP contribution in [-0.4, -0.2) is 55.1 Å². The van der Waals surface area contributed by atoms with Gasteiger partial charge in [-0.15, -0.1) is 0 Å². The predicted molar refractivity (Wildman–Crippen MR) is 102 cm³/mol. The number of amides is 1. The molecule has 1 aliphatic heterocycles. The highest BCUT2D eigenvalue weighted by molar-refractivity contribution is 5.96. The van der Waals surface area contributed by atoms with Crippen molar-refractivity contribution >= 4 is 17.4 Å². The molecule has 1 atom stereocenters. The van der Waals surface area contributed by atoms with Crippen molar-refractivity contribution in [3.63, 3.8) is 0 Å². The minimum absolute atomic E-state index is 0.00676. The molecule has 2 aromatic rings. The fraction of sp³-hybridized carbons (Fsp3) is 0.400. The lowest BCUT2D eigenvalue weighted by Gasteiger charge is -2.39. The van der Waals surface area contributed by atoms with E-state index in [1.807, 2.05) is 42.2 Å². The quantitative estimate of drug-likeness (QED) is 0.801. The highest BCUT2D eigenvalue weighted by Gasteiger charge is 2.32. The van der Waals surface area contributed by atoms with Crippen LogP contribution in [0.5, 0.6) is 0 Å². The Morgan fingerprint density at radius 3 is 2.25 bits per heavy atom. The number of rotatable bonds is 4. The summed E-state index contributed by atoms with van der Waals surface area (Å²) in [6.07, 6.45) is -3.52. The first-order valence-electron chi connectivity index (χ1n) is 9.12. The highest BCUT2D eigenvalue weighted by Crippen LogP contribution is 2.29. The molecule has 1 aromatic heterocycles. The summed E-state index contributed by atoms with van der Waals surface area (Å²) >= 11 is 0. The molecule has 0 bridgehead atoms. The number of nitrogens with zero attached hydrogens (tertiary/aromatic N) is 4. The van der Waals surface area contributed by atoms with Gasteiger partial charge < -0.3 is 9.80 Å². The number of piperazine rings is 1. The SMILES string of the molecule is CC(C(=O)N(C)c1ccccc1)N1CCN(c2ccc(C(F)(F)F)cn2)CC1. The molecule has 2 heterocycles. The van der Waals surface area contributed by atoms with Crippen LogP contribution in [0.1, 0.15) is 12.5 Å². The van der Waals surface area contributed by atoms with Gasteiger partial charge in [-0.3, -0.25) is 9.69 Å². The number of carbonyl (C=O) groups excluding carboxylic acids is 1. The Hall–Kier alpha value is -2.61. The molecule has 1 aliphatic rings. The normalized spacial score (nSPS) is 16.7. The topological polar surface area (TPSA) is 39.7 Å². The van der Waals surface area contributed by atoms with Gasteiger partial charge in [-0.1, -0.05) is 18.2 Å². The zero-order chi connectivity index (χ0) is 20.3. The summed E-state index contributed by atoms with van der Waals surface area (Å²) in [4.78, 5) is 22.4. The van der Waals surface area contributed by atoms with Crippen LogP contribution < -0.4 is 9.80 Å². The summed E-state index contributed by atoms with van der Waals surface area (Å²) in [6, 6.07) is 11.6. The van der Waals surface area contributed by atoms with E-state index >= 15 is 0 Å². The average molecular weight is 392 g/mol. The van der Waals surface area contributed by atoms with E-state index in [0.717, 1.165) is 18.0 Å². The van der Waals surface area contributed by atoms with Gasteiger partial charge in [-0.25, -0.2) is 4.98 Å². The van der Waals surface area contributed by atoms with Gasteiger partial charge in [0.05, 0.1) is 11.6 Å². The van der Waals surface area contributed by atoms with E-state index in [2.05, 4.69) is 9.88 Å². The third-order valence-electron chi connectivity index (χ3n) is 5.09. The van der Waals surface area contributed by atoms with Crippen molar-refractivity contribution in [3.05, 3.63) is 54.2 Å². The van der Waals surface area contributed by atoms with Crippen LogP contribution >= 0.6 is 0 Å². The molecule has 1 fully saturated rings. The molecule has 1 saturated heterocycles. The summed E-state index contributed by atoms with van der Waals surface area (Å²) in [6.45, 7) is 4.36. The summed E-state index contributed by atoms with van der Waals surface area (Å²) in [5.41, 5.74) is 0.0880. The first-order chi connectivity index (χ1) is 13.3. The minimum Gasteiger partial charge on any atom is -0.354 e. The first kappa shape index (κ1) is 20.1. The van der Waals surface area contributed by atoms with Crippen molar-refractivity contribution in [2.24, 2.45) is 0 Å². The Bertz CT molecular complexity index is 787. The van der Waals surface area contributed by atoms with Crippen LogP contribution in [0.15, 0.2) is 48.7 Å². The van der Waals surface area contributed by atoms with E-state index in [4.69, 9.17) is 0 Å². The van der Waals surface area contributed by atoms with Crippen LogP contribution in [-0.2, 0) is 11.0 Å². The number of benzene rings is 1. The summed E-state index contributed by atoms with van der Waals surface area (Å²) < 4.78 is 38.0. The smallest absolute Gasteiger partial charge is 0.354 e. The molecule has 1 unspecified atom stereocenters. The Labute approximate surface area is 162 Å². The number of hydrogen-bond donors (Lipinski definition) is 0. The highest BCUT2D eigenvalue weighted by atomic mass is 19.4. The molecule has 0 aliphatic carbocycles. The van der Waals surface area contributed by atoms with E-state index in [1.165, 1.54) is 6.07 Å². The van der Waals surface area contributed by atoms with E-state index in [9.17, 15) is 18.0 Å². The zero-order valence-corrected chi connectivity index (χ0v) is 15.9. The lowest BCUT2D eigenvalue weighted by atomic mass is 10.2. The number of para-hydroxylation sites is 1. The second-order valence-electron chi connectivity index (χ2n) is 6.83. The molecule has 1 amide bonds. The van der Waals surface area contributed by atoms with E-state index in [0.29, 0.717) is 32.0 Å². The van der Waals surface area contributed by atoms with E-state index in [-0.39, 0.29) is 11.9 Å². The minimum atomic E-state index is -4.38. The van der Waals surface area contributed by atoms with Gasteiger partial charge in [0.15, 0.2) is 0 Å². The maximum absolute atomic E-state index is 12.8. The summed E-state index contributed by atoms with van der Waals surface area (Å²) in [5, 5.41) is 0. The van der Waals surface area contributed by atoms with Crippen molar-refractivity contribution in [1.29, 1.82) is 0 Å². The van der Waals surface area contributed by atoms with Gasteiger partial charge in [0.1, 0.15) is 5.82 Å². The van der Waals surface area contributed by atoms with Crippen LogP contribution in [0.3, 0.4) is 0 Å². The second-order valence-corrected chi connectivity index (χ2v) is 6.83. The molecule has 1 aromatic carbocycles. The molecule has 28 heavy (non-hydrogen) atoms. The van der Waals surface area contributed by atoms with Gasteiger partial charge in [0, 0.05) is 45.1 Å². The fourth-order valence-corrected chi connectivity index (χ4v) is 3.29. The van der Waals surface area contributed by atoms with E-state index in [1.54, 1.807) is 11.9 Å². The van der Waals surface area contributed by atoms with Crippen LogP contribution in [0.4, 0.5) is 24.7 Å². The van der Waals surface area contributed by atoms with E-state index < -0.39 is 11.7 Å². The van der Waals surface area contributed by atoms with Crippen molar-refractivity contribution in [2.75, 3.05) is 43.0 Å². The molecular weight excluding hydrogens is 369 g/mol. The largest absolute Gasteiger partial charge is 0.417 e. The number of pyridine rings is 1. The number of anilines is 2. The van der Waals surface area contributed by atoms with Crippen molar-refractivity contribution in [2.45, 2.75) is 19.1 Å². The molecular formula is C20H23F3N4O.